The maximum Gasteiger partial charge on any atom is 0.238 e. The summed E-state index contributed by atoms with van der Waals surface area (Å²) in [6.45, 7) is 3.65. The van der Waals surface area contributed by atoms with Crippen LogP contribution in [0, 0.1) is 0 Å². The van der Waals surface area contributed by atoms with Crippen molar-refractivity contribution < 1.29 is 4.74 Å². The van der Waals surface area contributed by atoms with Crippen molar-refractivity contribution in [3.8, 4) is 11.6 Å². The molecule has 0 aliphatic carbocycles. The zero-order valence-electron chi connectivity index (χ0n) is 10.4. The standard InChI is InChI=1S/C13H13BrClN3O/c1-2-16-8-10-4-6-13(18-17-10)19-12-5-3-9(15)7-11(12)14/h3-7,16H,2,8H2,1H3. The van der Waals surface area contributed by atoms with Crippen molar-refractivity contribution in [2.45, 2.75) is 13.5 Å². The first-order valence-electron chi connectivity index (χ1n) is 5.85. The van der Waals surface area contributed by atoms with Gasteiger partial charge in [-0.3, -0.25) is 0 Å². The fraction of sp³-hybridized carbons (Fsp3) is 0.231. The van der Waals surface area contributed by atoms with E-state index in [0.29, 0.717) is 23.2 Å². The molecule has 1 aromatic carbocycles. The van der Waals surface area contributed by atoms with E-state index in [0.717, 1.165) is 16.7 Å². The average Bonchev–Trinajstić information content (AvgIpc) is 2.41. The molecular formula is C13H13BrClN3O. The van der Waals surface area contributed by atoms with E-state index in [4.69, 9.17) is 16.3 Å². The Bertz CT molecular complexity index is 548. The second-order valence-electron chi connectivity index (χ2n) is 3.82. The maximum absolute atomic E-state index is 5.87. The minimum Gasteiger partial charge on any atom is -0.436 e. The smallest absolute Gasteiger partial charge is 0.238 e. The first-order valence-corrected chi connectivity index (χ1v) is 7.02. The number of halogens is 2. The van der Waals surface area contributed by atoms with Crippen molar-refractivity contribution in [2.24, 2.45) is 0 Å². The molecule has 0 unspecified atom stereocenters. The quantitative estimate of drug-likeness (QED) is 0.898. The Morgan fingerprint density at radius 1 is 1.26 bits per heavy atom. The molecule has 0 radical (unpaired) electrons. The summed E-state index contributed by atoms with van der Waals surface area (Å²) in [5.41, 5.74) is 0.879. The Hall–Kier alpha value is -1.17. The highest BCUT2D eigenvalue weighted by Crippen LogP contribution is 2.30. The highest BCUT2D eigenvalue weighted by molar-refractivity contribution is 9.10. The minimum atomic E-state index is 0.447. The fourth-order valence-corrected chi connectivity index (χ4v) is 2.18. The van der Waals surface area contributed by atoms with Gasteiger partial charge in [0.1, 0.15) is 5.75 Å². The van der Waals surface area contributed by atoms with Gasteiger partial charge in [-0.05, 0) is 46.7 Å². The second-order valence-corrected chi connectivity index (χ2v) is 5.11. The van der Waals surface area contributed by atoms with E-state index in [9.17, 15) is 0 Å². The van der Waals surface area contributed by atoms with Crippen molar-refractivity contribution in [3.63, 3.8) is 0 Å². The first kappa shape index (κ1) is 14.2. The van der Waals surface area contributed by atoms with Gasteiger partial charge in [0, 0.05) is 17.6 Å². The van der Waals surface area contributed by atoms with Crippen LogP contribution < -0.4 is 10.1 Å². The zero-order chi connectivity index (χ0) is 13.7. The number of benzene rings is 1. The molecule has 1 heterocycles. The van der Waals surface area contributed by atoms with Gasteiger partial charge >= 0.3 is 0 Å². The Kier molecular flexibility index (Phi) is 5.13. The molecular weight excluding hydrogens is 330 g/mol. The lowest BCUT2D eigenvalue weighted by molar-refractivity contribution is 0.450. The van der Waals surface area contributed by atoms with Crippen molar-refractivity contribution in [1.82, 2.24) is 15.5 Å². The molecule has 0 bridgehead atoms. The highest BCUT2D eigenvalue weighted by atomic mass is 79.9. The highest BCUT2D eigenvalue weighted by Gasteiger charge is 2.05. The molecule has 6 heteroatoms. The number of hydrogen-bond donors (Lipinski definition) is 1. The van der Waals surface area contributed by atoms with Crippen molar-refractivity contribution >= 4 is 27.5 Å². The monoisotopic (exact) mass is 341 g/mol. The molecule has 2 rings (SSSR count). The zero-order valence-corrected chi connectivity index (χ0v) is 12.7. The molecule has 19 heavy (non-hydrogen) atoms. The van der Waals surface area contributed by atoms with Crippen LogP contribution in [0.25, 0.3) is 0 Å². The van der Waals surface area contributed by atoms with Gasteiger partial charge in [0.2, 0.25) is 5.88 Å². The Labute approximate surface area is 125 Å². The summed E-state index contributed by atoms with van der Waals surface area (Å²) in [7, 11) is 0. The predicted molar refractivity (Wildman–Crippen MR) is 78.6 cm³/mol. The first-order chi connectivity index (χ1) is 9.19. The summed E-state index contributed by atoms with van der Waals surface area (Å²) in [4.78, 5) is 0. The van der Waals surface area contributed by atoms with E-state index in [1.807, 2.05) is 13.0 Å². The van der Waals surface area contributed by atoms with Crippen LogP contribution in [0.4, 0.5) is 0 Å². The molecule has 2 aromatic rings. The number of ether oxygens (including phenoxy) is 1. The molecule has 0 spiro atoms. The van der Waals surface area contributed by atoms with Crippen molar-refractivity contribution in [1.29, 1.82) is 0 Å². The molecule has 0 aliphatic rings. The van der Waals surface area contributed by atoms with Crippen LogP contribution in [-0.4, -0.2) is 16.7 Å². The van der Waals surface area contributed by atoms with E-state index >= 15 is 0 Å². The number of aromatic nitrogens is 2. The predicted octanol–water partition coefficient (Wildman–Crippen LogP) is 3.79. The van der Waals surface area contributed by atoms with Crippen LogP contribution in [0.15, 0.2) is 34.8 Å². The van der Waals surface area contributed by atoms with Gasteiger partial charge in [-0.25, -0.2) is 0 Å². The number of nitrogens with zero attached hydrogens (tertiary/aromatic N) is 2. The largest absolute Gasteiger partial charge is 0.436 e. The van der Waals surface area contributed by atoms with Crippen LogP contribution in [0.1, 0.15) is 12.6 Å². The summed E-state index contributed by atoms with van der Waals surface area (Å²) in [6.07, 6.45) is 0. The third-order valence-electron chi connectivity index (χ3n) is 2.36. The third kappa shape index (κ3) is 4.16. The normalized spacial score (nSPS) is 10.5. The SMILES string of the molecule is CCNCc1ccc(Oc2ccc(Cl)cc2Br)nn1. The molecule has 0 amide bonds. The molecule has 0 aliphatic heterocycles. The fourth-order valence-electron chi connectivity index (χ4n) is 1.42. The lowest BCUT2D eigenvalue weighted by atomic mass is 10.3. The van der Waals surface area contributed by atoms with Crippen molar-refractivity contribution in [2.75, 3.05) is 6.54 Å². The van der Waals surface area contributed by atoms with Gasteiger partial charge in [-0.2, -0.15) is 5.10 Å². The third-order valence-corrected chi connectivity index (χ3v) is 3.21. The van der Waals surface area contributed by atoms with E-state index in [-0.39, 0.29) is 0 Å². The summed E-state index contributed by atoms with van der Waals surface area (Å²) < 4.78 is 6.40. The second kappa shape index (κ2) is 6.84. The van der Waals surface area contributed by atoms with Crippen LogP contribution >= 0.6 is 27.5 Å². The number of hydrogen-bond acceptors (Lipinski definition) is 4. The molecule has 0 fully saturated rings. The molecule has 0 atom stereocenters. The van der Waals surface area contributed by atoms with Gasteiger partial charge in [0.25, 0.3) is 0 Å². The molecule has 4 nitrogen and oxygen atoms in total. The molecule has 1 aromatic heterocycles. The Morgan fingerprint density at radius 3 is 2.74 bits per heavy atom. The summed E-state index contributed by atoms with van der Waals surface area (Å²) in [6, 6.07) is 8.98. The van der Waals surface area contributed by atoms with Crippen LogP contribution in [0.5, 0.6) is 11.6 Å². The molecule has 1 N–H and O–H groups in total. The molecule has 0 saturated carbocycles. The molecule has 0 saturated heterocycles. The Morgan fingerprint density at radius 2 is 2.11 bits per heavy atom. The van der Waals surface area contributed by atoms with Crippen LogP contribution in [-0.2, 0) is 6.54 Å². The van der Waals surface area contributed by atoms with E-state index in [1.165, 1.54) is 0 Å². The van der Waals surface area contributed by atoms with Crippen LogP contribution in [0.2, 0.25) is 5.02 Å². The number of rotatable bonds is 5. The number of nitrogens with one attached hydrogen (secondary N) is 1. The van der Waals surface area contributed by atoms with Gasteiger partial charge in [-0.1, -0.05) is 18.5 Å². The van der Waals surface area contributed by atoms with E-state index < -0.39 is 0 Å². The van der Waals surface area contributed by atoms with Gasteiger partial charge in [0.15, 0.2) is 0 Å². The summed E-state index contributed by atoms with van der Waals surface area (Å²) in [5.74, 6) is 1.10. The van der Waals surface area contributed by atoms with Gasteiger partial charge in [0.05, 0.1) is 10.2 Å². The Balaban J connectivity index is 2.06. The van der Waals surface area contributed by atoms with E-state index in [2.05, 4.69) is 31.4 Å². The van der Waals surface area contributed by atoms with Gasteiger partial charge < -0.3 is 10.1 Å². The lowest BCUT2D eigenvalue weighted by Gasteiger charge is -2.07. The van der Waals surface area contributed by atoms with E-state index in [1.54, 1.807) is 24.3 Å². The summed E-state index contributed by atoms with van der Waals surface area (Å²) >= 11 is 9.25. The van der Waals surface area contributed by atoms with Crippen LogP contribution in [0.3, 0.4) is 0 Å². The lowest BCUT2D eigenvalue weighted by Crippen LogP contribution is -2.13. The average molecular weight is 343 g/mol. The topological polar surface area (TPSA) is 47.0 Å². The molecule has 100 valence electrons. The minimum absolute atomic E-state index is 0.447. The van der Waals surface area contributed by atoms with Gasteiger partial charge in [-0.15, -0.1) is 5.10 Å². The summed E-state index contributed by atoms with van der Waals surface area (Å²) in [5, 5.41) is 11.9. The van der Waals surface area contributed by atoms with Crippen molar-refractivity contribution in [3.05, 3.63) is 45.5 Å². The maximum atomic E-state index is 5.87.